The lowest BCUT2D eigenvalue weighted by Crippen LogP contribution is -2.07. The Bertz CT molecular complexity index is 268. The summed E-state index contributed by atoms with van der Waals surface area (Å²) in [6.07, 6.45) is 2.49. The molecule has 0 aromatic carbocycles. The molecule has 0 aliphatic carbocycles. The highest BCUT2D eigenvalue weighted by molar-refractivity contribution is 5.94. The number of aliphatic hydroxyl groups is 1. The summed E-state index contributed by atoms with van der Waals surface area (Å²) in [5.41, 5.74) is 0.600. The Kier molecular flexibility index (Phi) is 2.99. The zero-order valence-electron chi connectivity index (χ0n) is 7.03. The predicted molar refractivity (Wildman–Crippen MR) is 43.9 cm³/mol. The average Bonchev–Trinajstić information content (AvgIpc) is 2.47. The summed E-state index contributed by atoms with van der Waals surface area (Å²) < 4.78 is 1.54. The first-order chi connectivity index (χ1) is 5.75. The number of hydrogen-bond donors (Lipinski definition) is 1. The third kappa shape index (κ3) is 1.92. The van der Waals surface area contributed by atoms with Gasteiger partial charge in [-0.1, -0.05) is 0 Å². The van der Waals surface area contributed by atoms with Crippen molar-refractivity contribution in [2.24, 2.45) is 7.05 Å². The Labute approximate surface area is 70.8 Å². The van der Waals surface area contributed by atoms with Crippen LogP contribution >= 0.6 is 0 Å². The maximum absolute atomic E-state index is 11.3. The summed E-state index contributed by atoms with van der Waals surface area (Å²) >= 11 is 0. The number of aromatic nitrogens is 2. The lowest BCUT2D eigenvalue weighted by Gasteiger charge is -1.98. The molecule has 66 valence electrons. The second kappa shape index (κ2) is 4.01. The van der Waals surface area contributed by atoms with Crippen LogP contribution in [0.15, 0.2) is 12.3 Å². The molecule has 0 unspecified atom stereocenters. The van der Waals surface area contributed by atoms with Gasteiger partial charge < -0.3 is 5.11 Å². The summed E-state index contributed by atoms with van der Waals surface area (Å²) in [7, 11) is 1.73. The van der Waals surface area contributed by atoms with Crippen LogP contribution in [0.3, 0.4) is 0 Å². The molecule has 0 fully saturated rings. The third-order valence-electron chi connectivity index (χ3n) is 1.67. The maximum atomic E-state index is 11.3. The van der Waals surface area contributed by atoms with Crippen LogP contribution in [-0.2, 0) is 7.05 Å². The molecule has 0 bridgehead atoms. The molecule has 0 aliphatic rings. The molecule has 12 heavy (non-hydrogen) atoms. The number of rotatable bonds is 4. The normalized spacial score (nSPS) is 10.2. The number of hydrogen-bond acceptors (Lipinski definition) is 3. The van der Waals surface area contributed by atoms with Crippen molar-refractivity contribution in [3.63, 3.8) is 0 Å². The van der Waals surface area contributed by atoms with Crippen LogP contribution in [0.5, 0.6) is 0 Å². The number of Topliss-reactive ketones (excluding diaryl/α,β-unsaturated/α-hetero) is 1. The van der Waals surface area contributed by atoms with Gasteiger partial charge in [0.05, 0.1) is 0 Å². The number of nitrogens with zero attached hydrogens (tertiary/aromatic N) is 2. The Morgan fingerprint density at radius 1 is 1.75 bits per heavy atom. The fourth-order valence-electron chi connectivity index (χ4n) is 1.02. The molecule has 0 saturated carbocycles. The van der Waals surface area contributed by atoms with Crippen molar-refractivity contribution >= 4 is 5.78 Å². The molecule has 1 aromatic rings. The minimum Gasteiger partial charge on any atom is -0.396 e. The Morgan fingerprint density at radius 3 is 3.00 bits per heavy atom. The van der Waals surface area contributed by atoms with Gasteiger partial charge in [-0.2, -0.15) is 5.10 Å². The maximum Gasteiger partial charge on any atom is 0.180 e. The summed E-state index contributed by atoms with van der Waals surface area (Å²) in [6, 6.07) is 1.68. The zero-order valence-corrected chi connectivity index (χ0v) is 7.03. The van der Waals surface area contributed by atoms with E-state index in [2.05, 4.69) is 5.10 Å². The fourth-order valence-corrected chi connectivity index (χ4v) is 1.02. The van der Waals surface area contributed by atoms with Crippen LogP contribution in [0.25, 0.3) is 0 Å². The zero-order chi connectivity index (χ0) is 8.97. The van der Waals surface area contributed by atoms with Gasteiger partial charge in [0, 0.05) is 26.3 Å². The summed E-state index contributed by atoms with van der Waals surface area (Å²) in [4.78, 5) is 11.3. The average molecular weight is 168 g/mol. The molecule has 4 heteroatoms. The van der Waals surface area contributed by atoms with E-state index < -0.39 is 0 Å². The van der Waals surface area contributed by atoms with Gasteiger partial charge in [0.1, 0.15) is 5.69 Å². The molecular formula is C8H12N2O2. The summed E-state index contributed by atoms with van der Waals surface area (Å²) in [6.45, 7) is 0.0591. The molecule has 1 aromatic heterocycles. The first-order valence-electron chi connectivity index (χ1n) is 3.87. The Balaban J connectivity index is 2.59. The summed E-state index contributed by atoms with van der Waals surface area (Å²) in [5.74, 6) is 0.0315. The first-order valence-corrected chi connectivity index (χ1v) is 3.87. The molecular weight excluding hydrogens is 156 g/mol. The molecule has 1 N–H and O–H groups in total. The van der Waals surface area contributed by atoms with E-state index in [1.807, 2.05) is 0 Å². The molecule has 0 aliphatic heterocycles. The number of aryl methyl sites for hydroxylation is 1. The summed E-state index contributed by atoms with van der Waals surface area (Å²) in [5, 5.41) is 12.4. The van der Waals surface area contributed by atoms with Crippen LogP contribution in [0.2, 0.25) is 0 Å². The highest BCUT2D eigenvalue weighted by Crippen LogP contribution is 2.02. The van der Waals surface area contributed by atoms with Crippen LogP contribution < -0.4 is 0 Å². The number of aliphatic hydroxyl groups excluding tert-OH is 1. The van der Waals surface area contributed by atoms with Crippen LogP contribution in [0.4, 0.5) is 0 Å². The van der Waals surface area contributed by atoms with E-state index in [9.17, 15) is 4.79 Å². The second-order valence-electron chi connectivity index (χ2n) is 2.59. The number of ketones is 1. The van der Waals surface area contributed by atoms with Gasteiger partial charge in [0.2, 0.25) is 0 Å². The molecule has 4 nitrogen and oxygen atoms in total. The lowest BCUT2D eigenvalue weighted by atomic mass is 10.2. The van der Waals surface area contributed by atoms with Crippen molar-refractivity contribution in [3.05, 3.63) is 18.0 Å². The third-order valence-corrected chi connectivity index (χ3v) is 1.67. The molecule has 0 spiro atoms. The Morgan fingerprint density at radius 2 is 2.50 bits per heavy atom. The van der Waals surface area contributed by atoms with Gasteiger partial charge in [-0.15, -0.1) is 0 Å². The minimum atomic E-state index is 0.0315. The topological polar surface area (TPSA) is 55.1 Å². The van der Waals surface area contributed by atoms with Gasteiger partial charge in [0.15, 0.2) is 5.78 Å². The molecule has 1 rings (SSSR count). The number of carbonyl (C=O) groups is 1. The van der Waals surface area contributed by atoms with E-state index in [4.69, 9.17) is 5.11 Å². The van der Waals surface area contributed by atoms with Crippen LogP contribution in [-0.4, -0.2) is 27.3 Å². The molecule has 1 heterocycles. The molecule has 0 saturated heterocycles. The standard InChI is InChI=1S/C8H12N2O2/c1-10-7(4-5-9-10)8(12)3-2-6-11/h4-5,11H,2-3,6H2,1H3. The molecule has 0 radical (unpaired) electrons. The fraction of sp³-hybridized carbons (Fsp3) is 0.500. The SMILES string of the molecule is Cn1nccc1C(=O)CCCO. The van der Waals surface area contributed by atoms with Crippen molar-refractivity contribution in [2.45, 2.75) is 12.8 Å². The van der Waals surface area contributed by atoms with E-state index in [-0.39, 0.29) is 12.4 Å². The number of carbonyl (C=O) groups excluding carboxylic acids is 1. The lowest BCUT2D eigenvalue weighted by molar-refractivity contribution is 0.0962. The molecule has 0 atom stereocenters. The van der Waals surface area contributed by atoms with E-state index in [1.165, 1.54) is 0 Å². The molecule has 0 amide bonds. The second-order valence-corrected chi connectivity index (χ2v) is 2.59. The minimum absolute atomic E-state index is 0.0315. The van der Waals surface area contributed by atoms with Crippen molar-refractivity contribution in [3.8, 4) is 0 Å². The quantitative estimate of drug-likeness (QED) is 0.661. The van der Waals surface area contributed by atoms with Gasteiger partial charge >= 0.3 is 0 Å². The first kappa shape index (κ1) is 8.93. The largest absolute Gasteiger partial charge is 0.396 e. The van der Waals surface area contributed by atoms with Crippen LogP contribution in [0, 0.1) is 0 Å². The highest BCUT2D eigenvalue weighted by Gasteiger charge is 2.08. The van der Waals surface area contributed by atoms with E-state index in [0.29, 0.717) is 18.5 Å². The van der Waals surface area contributed by atoms with Gasteiger partial charge in [-0.25, -0.2) is 0 Å². The van der Waals surface area contributed by atoms with Crippen molar-refractivity contribution in [1.29, 1.82) is 0 Å². The van der Waals surface area contributed by atoms with Crippen molar-refractivity contribution < 1.29 is 9.90 Å². The smallest absolute Gasteiger partial charge is 0.180 e. The van der Waals surface area contributed by atoms with E-state index in [0.717, 1.165) is 0 Å². The van der Waals surface area contributed by atoms with Crippen molar-refractivity contribution in [1.82, 2.24) is 9.78 Å². The van der Waals surface area contributed by atoms with Crippen molar-refractivity contribution in [2.75, 3.05) is 6.61 Å². The van der Waals surface area contributed by atoms with Gasteiger partial charge in [-0.05, 0) is 12.5 Å². The predicted octanol–water partition coefficient (Wildman–Crippen LogP) is 0.375. The van der Waals surface area contributed by atoms with Crippen LogP contribution in [0.1, 0.15) is 23.3 Å². The van der Waals surface area contributed by atoms with E-state index >= 15 is 0 Å². The van der Waals surface area contributed by atoms with Gasteiger partial charge in [-0.3, -0.25) is 9.48 Å². The van der Waals surface area contributed by atoms with Gasteiger partial charge in [0.25, 0.3) is 0 Å². The monoisotopic (exact) mass is 168 g/mol. The highest BCUT2D eigenvalue weighted by atomic mass is 16.3. The Hall–Kier alpha value is -1.16. The van der Waals surface area contributed by atoms with E-state index in [1.54, 1.807) is 24.0 Å².